The minimum Gasteiger partial charge on any atom is -0.496 e. The van der Waals surface area contributed by atoms with Crippen molar-refractivity contribution >= 4 is 16.5 Å². The first kappa shape index (κ1) is 33.6. The zero-order valence-corrected chi connectivity index (χ0v) is 30.1. The van der Waals surface area contributed by atoms with Crippen LogP contribution in [0.3, 0.4) is 0 Å². The summed E-state index contributed by atoms with van der Waals surface area (Å²) >= 11 is 0. The van der Waals surface area contributed by atoms with Crippen LogP contribution in [-0.4, -0.2) is 26.5 Å². The zero-order valence-electron chi connectivity index (χ0n) is 30.1. The molecule has 3 unspecified atom stereocenters. The first-order chi connectivity index (χ1) is 25.9. The Kier molecular flexibility index (Phi) is 8.44. The van der Waals surface area contributed by atoms with Crippen LogP contribution < -0.4 is 14.2 Å². The molecule has 0 saturated heterocycles. The van der Waals surface area contributed by atoms with Crippen molar-refractivity contribution in [2.75, 3.05) is 20.4 Å². The summed E-state index contributed by atoms with van der Waals surface area (Å²) in [5.41, 5.74) is 24.3. The van der Waals surface area contributed by atoms with Gasteiger partial charge in [-0.15, -0.1) is 4.91 Å². The number of hydrogen-bond acceptors (Lipinski definition) is 7. The lowest BCUT2D eigenvalue weighted by atomic mass is 9.55. The predicted octanol–water partition coefficient (Wildman–Crippen LogP) is 11.8. The van der Waals surface area contributed by atoms with Crippen LogP contribution in [0.5, 0.6) is 17.2 Å². The van der Waals surface area contributed by atoms with E-state index in [0.717, 1.165) is 69.9 Å². The molecule has 4 aromatic rings. The van der Waals surface area contributed by atoms with Crippen molar-refractivity contribution in [3.63, 3.8) is 0 Å². The van der Waals surface area contributed by atoms with Gasteiger partial charge in [-0.1, -0.05) is 41.4 Å². The Bertz CT molecular complexity index is 2200. The highest BCUT2D eigenvalue weighted by molar-refractivity contribution is 6.10. The Morgan fingerprint density at radius 3 is 2.30 bits per heavy atom. The molecule has 4 aromatic carbocycles. The Morgan fingerprint density at radius 2 is 1.57 bits per heavy atom. The van der Waals surface area contributed by atoms with Crippen molar-refractivity contribution < 1.29 is 14.2 Å². The fourth-order valence-electron chi connectivity index (χ4n) is 11.7. The molecule has 0 aliphatic heterocycles. The van der Waals surface area contributed by atoms with Crippen molar-refractivity contribution in [2.45, 2.75) is 69.8 Å². The Hall–Kier alpha value is -5.24. The van der Waals surface area contributed by atoms with Crippen molar-refractivity contribution in [1.82, 2.24) is 0 Å². The maximum Gasteiger partial charge on any atom is 0.167 e. The lowest BCUT2D eigenvalue weighted by Gasteiger charge is -2.53. The van der Waals surface area contributed by atoms with Gasteiger partial charge in [0.2, 0.25) is 0 Å². The SMILES string of the molecule is COc1cc(OCN=[N+]=[N-])ccc1-c1cc2c(N=O)cc3c(c2cc1OC1C2CC4CC(C2)CC1C4)-c1ccccc1C31CC(C)CC(CN=[N+]=[N-])C1. The Balaban J connectivity index is 1.26. The lowest BCUT2D eigenvalue weighted by molar-refractivity contribution is -0.0787. The number of fused-ring (bicyclic) bond motifs is 7. The van der Waals surface area contributed by atoms with Gasteiger partial charge in [-0.25, -0.2) is 0 Å². The number of azide groups is 2. The number of ether oxygens (including phenoxy) is 3. The summed E-state index contributed by atoms with van der Waals surface area (Å²) in [5.74, 6) is 5.16. The van der Waals surface area contributed by atoms with E-state index in [9.17, 15) is 10.4 Å². The Morgan fingerprint density at radius 1 is 0.792 bits per heavy atom. The fraction of sp³-hybridized carbons (Fsp3) is 0.476. The molecule has 270 valence electrons. The molecule has 0 amide bonds. The van der Waals surface area contributed by atoms with E-state index < -0.39 is 0 Å². The molecular weight excluding hydrogens is 667 g/mol. The van der Waals surface area contributed by atoms with E-state index in [0.29, 0.717) is 41.5 Å². The van der Waals surface area contributed by atoms with Gasteiger partial charge in [0, 0.05) is 44.4 Å². The van der Waals surface area contributed by atoms with E-state index in [2.05, 4.69) is 68.6 Å². The monoisotopic (exact) mass is 709 g/mol. The molecule has 6 aliphatic carbocycles. The average Bonchev–Trinajstić information content (AvgIpc) is 3.42. The van der Waals surface area contributed by atoms with E-state index in [4.69, 9.17) is 19.7 Å². The van der Waals surface area contributed by atoms with Crippen LogP contribution in [0.15, 0.2) is 76.1 Å². The highest BCUT2D eigenvalue weighted by Crippen LogP contribution is 2.61. The van der Waals surface area contributed by atoms with E-state index in [1.54, 1.807) is 13.2 Å². The van der Waals surface area contributed by atoms with Gasteiger partial charge in [0.1, 0.15) is 29.0 Å². The number of nitrogens with zero attached hydrogens (tertiary/aromatic N) is 7. The molecular formula is C42H43N7O4. The maximum absolute atomic E-state index is 12.9. The second kappa shape index (κ2) is 13.3. The number of rotatable bonds is 10. The standard InChI is InChI=1S/C42H43N7O4/c1-23-9-26(21-45-48-43)20-42(19-23)35-6-4-3-5-31(35)40-34-17-39(53-41-27-11-24-10-25(13-27)14-28(41)12-24)33(16-32(34)37(47-50)18-36(40)42)30-8-7-29(15-38(30)51-2)52-22-46-49-44/h3-8,15-18,23-28,41H,9-14,19-22H2,1-2H3. The molecule has 11 nitrogen and oxygen atoms in total. The third-order valence-electron chi connectivity index (χ3n) is 13.2. The number of benzene rings is 4. The first-order valence-electron chi connectivity index (χ1n) is 19.0. The van der Waals surface area contributed by atoms with Crippen molar-refractivity contribution in [3.8, 4) is 39.5 Å². The van der Waals surface area contributed by atoms with Crippen LogP contribution in [0.4, 0.5) is 5.69 Å². The largest absolute Gasteiger partial charge is 0.496 e. The molecule has 0 radical (unpaired) electrons. The van der Waals surface area contributed by atoms with Gasteiger partial charge < -0.3 is 14.2 Å². The average molecular weight is 710 g/mol. The fourth-order valence-corrected chi connectivity index (χ4v) is 11.7. The molecule has 4 bridgehead atoms. The van der Waals surface area contributed by atoms with E-state index in [1.807, 2.05) is 18.2 Å². The number of hydrogen-bond donors (Lipinski definition) is 0. The summed E-state index contributed by atoms with van der Waals surface area (Å²) in [6.07, 6.45) is 9.15. The summed E-state index contributed by atoms with van der Waals surface area (Å²) in [6.45, 7) is 2.61. The topological polar surface area (TPSA) is 155 Å². The number of methoxy groups -OCH3 is 1. The molecule has 10 rings (SSSR count). The molecule has 6 aliphatic rings. The van der Waals surface area contributed by atoms with E-state index in [-0.39, 0.29) is 24.2 Å². The van der Waals surface area contributed by atoms with Gasteiger partial charge >= 0.3 is 0 Å². The molecule has 0 N–H and O–H groups in total. The predicted molar refractivity (Wildman–Crippen MR) is 204 cm³/mol. The molecule has 3 atom stereocenters. The second-order valence-corrected chi connectivity index (χ2v) is 16.3. The maximum atomic E-state index is 12.9. The molecule has 1 spiro atoms. The first-order valence-corrected chi connectivity index (χ1v) is 19.0. The van der Waals surface area contributed by atoms with Crippen LogP contribution in [-0.2, 0) is 5.41 Å². The van der Waals surface area contributed by atoms with Crippen LogP contribution >= 0.6 is 0 Å². The number of nitroso groups, excluding NO2 is 1. The molecule has 11 heteroatoms. The summed E-state index contributed by atoms with van der Waals surface area (Å²) in [7, 11) is 1.62. The molecule has 5 fully saturated rings. The van der Waals surface area contributed by atoms with Gasteiger partial charge in [-0.05, 0) is 161 Å². The highest BCUT2D eigenvalue weighted by Gasteiger charge is 2.51. The van der Waals surface area contributed by atoms with Gasteiger partial charge in [-0.3, -0.25) is 0 Å². The van der Waals surface area contributed by atoms with Gasteiger partial charge in [0.15, 0.2) is 6.73 Å². The van der Waals surface area contributed by atoms with Crippen LogP contribution in [0, 0.1) is 40.4 Å². The Labute approximate surface area is 308 Å². The minimum absolute atomic E-state index is 0.121. The summed E-state index contributed by atoms with van der Waals surface area (Å²) < 4.78 is 18.9. The van der Waals surface area contributed by atoms with Crippen molar-refractivity contribution in [2.24, 2.45) is 50.9 Å². The lowest BCUT2D eigenvalue weighted by Crippen LogP contribution is -2.50. The molecule has 0 heterocycles. The zero-order chi connectivity index (χ0) is 36.3. The van der Waals surface area contributed by atoms with Gasteiger partial charge in [0.25, 0.3) is 0 Å². The summed E-state index contributed by atoms with van der Waals surface area (Å²) in [5, 5.41) is 12.9. The van der Waals surface area contributed by atoms with Crippen molar-refractivity contribution in [3.05, 3.63) is 97.6 Å². The smallest absolute Gasteiger partial charge is 0.167 e. The third kappa shape index (κ3) is 5.56. The van der Waals surface area contributed by atoms with E-state index in [1.165, 1.54) is 43.2 Å². The van der Waals surface area contributed by atoms with Crippen LogP contribution in [0.1, 0.15) is 69.4 Å². The van der Waals surface area contributed by atoms with Gasteiger partial charge in [-0.2, -0.15) is 0 Å². The molecule has 0 aromatic heterocycles. The normalized spacial score (nSPS) is 28.8. The molecule has 53 heavy (non-hydrogen) atoms. The van der Waals surface area contributed by atoms with Crippen molar-refractivity contribution in [1.29, 1.82) is 0 Å². The summed E-state index contributed by atoms with van der Waals surface area (Å²) in [6, 6.07) is 20.5. The second-order valence-electron chi connectivity index (χ2n) is 16.3. The van der Waals surface area contributed by atoms with Crippen LogP contribution in [0.2, 0.25) is 0 Å². The third-order valence-corrected chi connectivity index (χ3v) is 13.2. The van der Waals surface area contributed by atoms with Crippen LogP contribution in [0.25, 0.3) is 53.9 Å². The highest BCUT2D eigenvalue weighted by atomic mass is 16.5. The van der Waals surface area contributed by atoms with E-state index >= 15 is 0 Å². The molecule has 5 saturated carbocycles. The minimum atomic E-state index is -0.331. The summed E-state index contributed by atoms with van der Waals surface area (Å²) in [4.78, 5) is 18.8. The quantitative estimate of drug-likeness (QED) is 0.0695. The van der Waals surface area contributed by atoms with Gasteiger partial charge in [0.05, 0.1) is 7.11 Å².